The molecule has 0 spiro atoms. The van der Waals surface area contributed by atoms with Crippen molar-refractivity contribution in [1.82, 2.24) is 0 Å². The first-order valence-electron chi connectivity index (χ1n) is 22.0. The van der Waals surface area contributed by atoms with E-state index >= 15 is 17.6 Å². The minimum Gasteiger partial charge on any atom is -0.491 e. The molecule has 8 aromatic rings. The van der Waals surface area contributed by atoms with Crippen LogP contribution in [0.5, 0.6) is 28.7 Å². The summed E-state index contributed by atoms with van der Waals surface area (Å²) < 4.78 is 139. The lowest BCUT2D eigenvalue weighted by Crippen LogP contribution is -2.28. The van der Waals surface area contributed by atoms with E-state index in [4.69, 9.17) is 14.2 Å². The molecule has 0 heterocycles. The highest BCUT2D eigenvalue weighted by atomic mass is 19.2. The number of carbonyl (C=O) groups excluding carboxylic acids is 2. The molecule has 8 aromatic carbocycles. The van der Waals surface area contributed by atoms with Crippen LogP contribution in [0.25, 0.3) is 11.1 Å². The molecule has 0 radical (unpaired) electrons. The zero-order chi connectivity index (χ0) is 50.7. The maximum absolute atomic E-state index is 15.7. The molecule has 0 saturated carbocycles. The van der Waals surface area contributed by atoms with E-state index in [0.717, 1.165) is 71.5 Å². The second kappa shape index (κ2) is 18.3. The van der Waals surface area contributed by atoms with Crippen LogP contribution in [-0.4, -0.2) is 22.8 Å². The Bertz CT molecular complexity index is 3300. The number of ketones is 2. The predicted octanol–water partition coefficient (Wildman–Crippen LogP) is 14.2. The van der Waals surface area contributed by atoms with Crippen LogP contribution >= 0.6 is 0 Å². The van der Waals surface area contributed by atoms with Crippen LogP contribution < -0.4 is 14.2 Å². The second-order valence-electron chi connectivity index (χ2n) is 17.5. The van der Waals surface area contributed by atoms with Crippen LogP contribution in [0.1, 0.15) is 87.4 Å². The van der Waals surface area contributed by atoms with E-state index < -0.39 is 103 Å². The zero-order valence-corrected chi connectivity index (χ0v) is 37.9. The maximum Gasteiger partial charge on any atom is 0.205 e. The van der Waals surface area contributed by atoms with Gasteiger partial charge in [0.2, 0.25) is 17.4 Å². The molecule has 0 aromatic heterocycles. The molecule has 358 valence electrons. The average molecular weight is 971 g/mol. The number of carbonyl (C=O) groups is 2. The fourth-order valence-electron chi connectivity index (χ4n) is 9.01. The van der Waals surface area contributed by atoms with Gasteiger partial charge in [0.05, 0.1) is 22.7 Å². The van der Waals surface area contributed by atoms with Crippen molar-refractivity contribution in [2.75, 3.05) is 0 Å². The molecule has 0 fully saturated rings. The van der Waals surface area contributed by atoms with Gasteiger partial charge >= 0.3 is 0 Å². The first-order chi connectivity index (χ1) is 33.8. The highest BCUT2D eigenvalue weighted by Gasteiger charge is 2.46. The number of fused-ring (bicyclic) bond motifs is 3. The van der Waals surface area contributed by atoms with Gasteiger partial charge in [0.1, 0.15) is 34.1 Å². The third kappa shape index (κ3) is 8.27. The van der Waals surface area contributed by atoms with Crippen LogP contribution in [-0.2, 0) is 11.0 Å². The van der Waals surface area contributed by atoms with E-state index in [-0.39, 0.29) is 23.4 Å². The van der Waals surface area contributed by atoms with Crippen LogP contribution in [0.15, 0.2) is 146 Å². The third-order valence-electron chi connectivity index (χ3n) is 12.1. The number of rotatable bonds is 13. The number of hydrogen-bond acceptors (Lipinski definition) is 6. The van der Waals surface area contributed by atoms with E-state index in [2.05, 4.69) is 0 Å². The van der Waals surface area contributed by atoms with Gasteiger partial charge in [0, 0.05) is 11.1 Å². The highest BCUT2D eigenvalue weighted by molar-refractivity contribution is 6.10. The Morgan fingerprint density at radius 3 is 1.21 bits per heavy atom. The normalized spacial score (nSPS) is 12.6. The molecule has 1 aliphatic carbocycles. The lowest BCUT2D eigenvalue weighted by molar-refractivity contribution is 0.0678. The van der Waals surface area contributed by atoms with Crippen molar-refractivity contribution in [2.45, 2.75) is 44.8 Å². The summed E-state index contributed by atoms with van der Waals surface area (Å²) in [7, 11) is 0. The summed E-state index contributed by atoms with van der Waals surface area (Å²) in [4.78, 5) is 26.4. The Kier molecular flexibility index (Phi) is 12.4. The number of halogens is 8. The van der Waals surface area contributed by atoms with Crippen molar-refractivity contribution >= 4 is 11.6 Å². The van der Waals surface area contributed by atoms with Gasteiger partial charge in [0.25, 0.3) is 0 Å². The van der Waals surface area contributed by atoms with E-state index in [1.54, 1.807) is 12.1 Å². The molecule has 71 heavy (non-hydrogen) atoms. The third-order valence-corrected chi connectivity index (χ3v) is 12.1. The summed E-state index contributed by atoms with van der Waals surface area (Å²) in [5.41, 5.74) is -2.71. The van der Waals surface area contributed by atoms with Crippen LogP contribution in [0.3, 0.4) is 0 Å². The van der Waals surface area contributed by atoms with E-state index in [9.17, 15) is 32.3 Å². The Labute approximate surface area is 401 Å². The van der Waals surface area contributed by atoms with Gasteiger partial charge in [-0.2, -0.15) is 8.78 Å². The summed E-state index contributed by atoms with van der Waals surface area (Å²) in [6, 6.07) is 38.8. The Morgan fingerprint density at radius 2 is 0.817 bits per heavy atom. The Morgan fingerprint density at radius 1 is 0.465 bits per heavy atom. The van der Waals surface area contributed by atoms with Crippen molar-refractivity contribution in [2.24, 2.45) is 0 Å². The molecule has 1 aliphatic rings. The number of aliphatic hydroxyl groups is 1. The van der Waals surface area contributed by atoms with Crippen LogP contribution in [0.4, 0.5) is 35.1 Å². The van der Waals surface area contributed by atoms with E-state index in [0.29, 0.717) is 5.75 Å². The zero-order valence-electron chi connectivity index (χ0n) is 37.9. The quantitative estimate of drug-likeness (QED) is 0.0704. The topological polar surface area (TPSA) is 82.1 Å². The minimum atomic E-state index is -2.32. The van der Waals surface area contributed by atoms with Crippen molar-refractivity contribution < 1.29 is 64.0 Å². The van der Waals surface area contributed by atoms with Gasteiger partial charge in [-0.15, -0.1) is 0 Å². The average Bonchev–Trinajstić information content (AvgIpc) is 3.65. The van der Waals surface area contributed by atoms with Crippen molar-refractivity contribution in [3.63, 3.8) is 0 Å². The molecule has 0 bridgehead atoms. The number of benzene rings is 8. The molecule has 14 heteroatoms. The molecule has 0 unspecified atom stereocenters. The fourth-order valence-corrected chi connectivity index (χ4v) is 9.01. The van der Waals surface area contributed by atoms with Gasteiger partial charge in [-0.25, -0.2) is 26.3 Å². The van der Waals surface area contributed by atoms with Gasteiger partial charge in [0.15, 0.2) is 46.5 Å². The maximum atomic E-state index is 15.7. The summed E-state index contributed by atoms with van der Waals surface area (Å²) >= 11 is 0. The van der Waals surface area contributed by atoms with Gasteiger partial charge < -0.3 is 19.3 Å². The highest BCUT2D eigenvalue weighted by Crippen LogP contribution is 2.56. The number of hydrogen-bond donors (Lipinski definition) is 1. The predicted molar refractivity (Wildman–Crippen MR) is 247 cm³/mol. The van der Waals surface area contributed by atoms with Crippen molar-refractivity contribution in [3.8, 4) is 39.9 Å². The summed E-state index contributed by atoms with van der Waals surface area (Å²) in [5, 5.41) is 10.0. The molecule has 0 saturated heterocycles. The number of ether oxygens (including phenoxy) is 3. The summed E-state index contributed by atoms with van der Waals surface area (Å²) in [6.45, 7) is 5.67. The molecule has 1 N–H and O–H groups in total. The summed E-state index contributed by atoms with van der Waals surface area (Å²) in [6.07, 6.45) is -0.0511. The van der Waals surface area contributed by atoms with Gasteiger partial charge in [-0.1, -0.05) is 72.8 Å². The molecule has 0 atom stereocenters. The molecule has 6 nitrogen and oxygen atoms in total. The molecular formula is C57H38F8O6. The molecule has 9 rings (SSSR count). The van der Waals surface area contributed by atoms with E-state index in [1.807, 2.05) is 86.6 Å². The lowest BCUT2D eigenvalue weighted by atomic mass is 9.68. The van der Waals surface area contributed by atoms with Crippen molar-refractivity contribution in [3.05, 3.63) is 242 Å². The first kappa shape index (κ1) is 47.9. The van der Waals surface area contributed by atoms with Gasteiger partial charge in [-0.3, -0.25) is 9.59 Å². The molecular weight excluding hydrogens is 933 g/mol. The first-order valence-corrected chi connectivity index (χ1v) is 22.0. The van der Waals surface area contributed by atoms with Gasteiger partial charge in [-0.05, 0) is 134 Å². The largest absolute Gasteiger partial charge is 0.491 e. The SMILES string of the molecule is CC(C)Oc1ccc(C2(c3ccc(Oc4c(F)c(F)c(C(=O)c5ccc(Oc6ccc(C(=O)c7c(F)c(F)c(C(C)(C)O)c(F)c7F)cc6)cc5)c(F)c4F)cc3)c3ccccc3-c3ccccc32)cc1. The Hall–Kier alpha value is -8.10. The second-order valence-corrected chi connectivity index (χ2v) is 17.5. The lowest BCUT2D eigenvalue weighted by Gasteiger charge is -2.34. The molecule has 0 amide bonds. The fraction of sp³-hybridized carbons (Fsp3) is 0.123. The van der Waals surface area contributed by atoms with Crippen molar-refractivity contribution in [1.29, 1.82) is 0 Å². The monoisotopic (exact) mass is 970 g/mol. The smallest absolute Gasteiger partial charge is 0.205 e. The standard InChI is InChI=1S/C57H38F8O6/c1-29(2)69-34-25-17-32(18-26-34)57(40-11-7-5-9-38(40)39-10-6-8-12-41(39)57)33-19-27-37(28-20-33)71-55-51(64)47(60)43(48(61)52(55)65)54(67)31-15-23-36(24-16-31)70-35-21-13-30(14-22-35)53(66)42-45(58)49(62)44(56(3,4)68)50(63)46(42)59/h5-29,68H,1-4H3. The van der Waals surface area contributed by atoms with E-state index in [1.165, 1.54) is 36.4 Å². The molecule has 0 aliphatic heterocycles. The minimum absolute atomic E-state index is 0.0125. The summed E-state index contributed by atoms with van der Waals surface area (Å²) in [5.74, 6) is -19.5. The Balaban J connectivity index is 0.941. The van der Waals surface area contributed by atoms with Crippen LogP contribution in [0.2, 0.25) is 0 Å². The van der Waals surface area contributed by atoms with Crippen LogP contribution in [0, 0.1) is 46.5 Å².